The lowest BCUT2D eigenvalue weighted by Crippen LogP contribution is -2.43. The quantitative estimate of drug-likeness (QED) is 0.458. The van der Waals surface area contributed by atoms with Crippen LogP contribution in [0.5, 0.6) is 0 Å². The third-order valence-electron chi connectivity index (χ3n) is 2.03. The zero-order chi connectivity index (χ0) is 5.45. The summed E-state index contributed by atoms with van der Waals surface area (Å²) in [4.78, 5) is 0. The summed E-state index contributed by atoms with van der Waals surface area (Å²) in [6, 6.07) is 0. The van der Waals surface area contributed by atoms with Crippen molar-refractivity contribution in [2.75, 3.05) is 19.8 Å². The molecule has 2 aliphatic rings. The van der Waals surface area contributed by atoms with Gasteiger partial charge in [0, 0.05) is 19.4 Å². The number of hydrogen-bond donors (Lipinski definition) is 0. The number of ether oxygens (including phenoxy) is 2. The zero-order valence-electron chi connectivity index (χ0n) is 4.85. The Hall–Kier alpha value is -0.0800. The van der Waals surface area contributed by atoms with E-state index in [0.29, 0.717) is 0 Å². The van der Waals surface area contributed by atoms with Gasteiger partial charge in [0.1, 0.15) is 0 Å². The highest BCUT2D eigenvalue weighted by Gasteiger charge is 2.41. The van der Waals surface area contributed by atoms with Crippen molar-refractivity contribution in [3.05, 3.63) is 0 Å². The molecular formula is C6H10O2. The van der Waals surface area contributed by atoms with Gasteiger partial charge in [-0.25, -0.2) is 0 Å². The first kappa shape index (κ1) is 4.77. The smallest absolute Gasteiger partial charge is 0.0958 e. The van der Waals surface area contributed by atoms with E-state index in [-0.39, 0.29) is 5.60 Å². The molecule has 2 heteroatoms. The van der Waals surface area contributed by atoms with Gasteiger partial charge in [-0.3, -0.25) is 0 Å². The average molecular weight is 114 g/mol. The summed E-state index contributed by atoms with van der Waals surface area (Å²) in [5.74, 6) is 0. The summed E-state index contributed by atoms with van der Waals surface area (Å²) in [5, 5.41) is 0. The molecule has 0 aromatic carbocycles. The second kappa shape index (κ2) is 1.45. The lowest BCUT2D eigenvalue weighted by molar-refractivity contribution is -0.144. The molecule has 0 aromatic rings. The van der Waals surface area contributed by atoms with Gasteiger partial charge >= 0.3 is 0 Å². The fourth-order valence-corrected chi connectivity index (χ4v) is 1.29. The van der Waals surface area contributed by atoms with E-state index in [1.165, 1.54) is 6.42 Å². The van der Waals surface area contributed by atoms with Gasteiger partial charge in [0.05, 0.1) is 18.8 Å². The lowest BCUT2D eigenvalue weighted by Gasteiger charge is -2.36. The van der Waals surface area contributed by atoms with Gasteiger partial charge in [0.15, 0.2) is 0 Å². The monoisotopic (exact) mass is 114 g/mol. The molecule has 1 spiro atoms. The van der Waals surface area contributed by atoms with Crippen LogP contribution < -0.4 is 0 Å². The standard InChI is InChI=1S/C6H10O2/c1-3-7-5-6(1)2-4-8-6/h1-5H2. The molecule has 2 fully saturated rings. The van der Waals surface area contributed by atoms with Gasteiger partial charge in [0.2, 0.25) is 0 Å². The molecule has 8 heavy (non-hydrogen) atoms. The maximum Gasteiger partial charge on any atom is 0.0958 e. The Morgan fingerprint density at radius 1 is 1.12 bits per heavy atom. The van der Waals surface area contributed by atoms with Crippen molar-refractivity contribution in [1.29, 1.82) is 0 Å². The molecule has 1 atom stereocenters. The largest absolute Gasteiger partial charge is 0.378 e. The molecule has 2 heterocycles. The van der Waals surface area contributed by atoms with Crippen LogP contribution in [0.1, 0.15) is 12.8 Å². The number of hydrogen-bond acceptors (Lipinski definition) is 2. The Morgan fingerprint density at radius 3 is 2.25 bits per heavy atom. The van der Waals surface area contributed by atoms with Gasteiger partial charge in [-0.15, -0.1) is 0 Å². The van der Waals surface area contributed by atoms with Gasteiger partial charge in [0.25, 0.3) is 0 Å². The first-order chi connectivity index (χ1) is 3.91. The minimum atomic E-state index is 0.194. The van der Waals surface area contributed by atoms with E-state index < -0.39 is 0 Å². The minimum Gasteiger partial charge on any atom is -0.378 e. The Labute approximate surface area is 48.8 Å². The highest BCUT2D eigenvalue weighted by molar-refractivity contribution is 4.90. The Bertz CT molecular complexity index is 88.7. The molecule has 2 nitrogen and oxygen atoms in total. The van der Waals surface area contributed by atoms with E-state index in [4.69, 9.17) is 9.47 Å². The van der Waals surface area contributed by atoms with Crippen LogP contribution in [0, 0.1) is 0 Å². The van der Waals surface area contributed by atoms with Crippen LogP contribution in [-0.2, 0) is 9.47 Å². The predicted octanol–water partition coefficient (Wildman–Crippen LogP) is 0.566. The van der Waals surface area contributed by atoms with E-state index in [1.54, 1.807) is 0 Å². The van der Waals surface area contributed by atoms with Gasteiger partial charge in [-0.1, -0.05) is 0 Å². The van der Waals surface area contributed by atoms with Gasteiger partial charge < -0.3 is 9.47 Å². The summed E-state index contributed by atoms with van der Waals surface area (Å²) in [5.41, 5.74) is 0.194. The molecule has 46 valence electrons. The second-order valence-corrected chi connectivity index (χ2v) is 2.58. The third kappa shape index (κ3) is 0.501. The molecular weight excluding hydrogens is 104 g/mol. The zero-order valence-corrected chi connectivity index (χ0v) is 4.85. The molecule has 2 saturated heterocycles. The van der Waals surface area contributed by atoms with Crippen molar-refractivity contribution in [2.24, 2.45) is 0 Å². The van der Waals surface area contributed by atoms with Crippen LogP contribution in [0.2, 0.25) is 0 Å². The SMILES string of the molecule is C1CC2(CCO2)CO1. The van der Waals surface area contributed by atoms with Gasteiger partial charge in [-0.2, -0.15) is 0 Å². The van der Waals surface area contributed by atoms with Crippen LogP contribution in [0.25, 0.3) is 0 Å². The molecule has 0 amide bonds. The molecule has 0 N–H and O–H groups in total. The fourth-order valence-electron chi connectivity index (χ4n) is 1.29. The Kier molecular flexibility index (Phi) is 0.866. The van der Waals surface area contributed by atoms with Crippen LogP contribution in [0.3, 0.4) is 0 Å². The van der Waals surface area contributed by atoms with Crippen molar-refractivity contribution in [1.82, 2.24) is 0 Å². The Morgan fingerprint density at radius 2 is 2.00 bits per heavy atom. The van der Waals surface area contributed by atoms with Crippen LogP contribution >= 0.6 is 0 Å². The van der Waals surface area contributed by atoms with Gasteiger partial charge in [-0.05, 0) is 0 Å². The molecule has 0 aliphatic carbocycles. The van der Waals surface area contributed by atoms with E-state index >= 15 is 0 Å². The molecule has 0 saturated carbocycles. The van der Waals surface area contributed by atoms with E-state index in [9.17, 15) is 0 Å². The normalized spacial score (nSPS) is 45.0. The first-order valence-corrected chi connectivity index (χ1v) is 3.13. The molecule has 0 aromatic heterocycles. The van der Waals surface area contributed by atoms with Crippen molar-refractivity contribution < 1.29 is 9.47 Å². The maximum atomic E-state index is 5.35. The Balaban J connectivity index is 2.01. The summed E-state index contributed by atoms with van der Waals surface area (Å²) >= 11 is 0. The van der Waals surface area contributed by atoms with Crippen LogP contribution in [0.4, 0.5) is 0 Å². The summed E-state index contributed by atoms with van der Waals surface area (Å²) in [6.07, 6.45) is 2.33. The summed E-state index contributed by atoms with van der Waals surface area (Å²) in [7, 11) is 0. The van der Waals surface area contributed by atoms with Crippen LogP contribution in [-0.4, -0.2) is 25.4 Å². The highest BCUT2D eigenvalue weighted by Crippen LogP contribution is 2.33. The highest BCUT2D eigenvalue weighted by atomic mass is 16.6. The predicted molar refractivity (Wildman–Crippen MR) is 28.7 cm³/mol. The minimum absolute atomic E-state index is 0.194. The van der Waals surface area contributed by atoms with Crippen LogP contribution in [0.15, 0.2) is 0 Å². The molecule has 2 aliphatic heterocycles. The fraction of sp³-hybridized carbons (Fsp3) is 1.00. The summed E-state index contributed by atoms with van der Waals surface area (Å²) in [6.45, 7) is 2.69. The van der Waals surface area contributed by atoms with Crippen molar-refractivity contribution in [3.8, 4) is 0 Å². The van der Waals surface area contributed by atoms with E-state index in [2.05, 4.69) is 0 Å². The topological polar surface area (TPSA) is 18.5 Å². The lowest BCUT2D eigenvalue weighted by atomic mass is 9.94. The molecule has 1 unspecified atom stereocenters. The van der Waals surface area contributed by atoms with E-state index in [0.717, 1.165) is 26.2 Å². The van der Waals surface area contributed by atoms with Crippen molar-refractivity contribution in [2.45, 2.75) is 18.4 Å². The molecule has 0 bridgehead atoms. The van der Waals surface area contributed by atoms with E-state index in [1.807, 2.05) is 0 Å². The summed E-state index contributed by atoms with van der Waals surface area (Å²) < 4.78 is 10.5. The van der Waals surface area contributed by atoms with Crippen molar-refractivity contribution >= 4 is 0 Å². The second-order valence-electron chi connectivity index (χ2n) is 2.58. The molecule has 0 radical (unpaired) electrons. The van der Waals surface area contributed by atoms with Crippen molar-refractivity contribution in [3.63, 3.8) is 0 Å². The average Bonchev–Trinajstić information content (AvgIpc) is 2.07. The molecule has 2 rings (SSSR count). The number of rotatable bonds is 0. The maximum absolute atomic E-state index is 5.35. The third-order valence-corrected chi connectivity index (χ3v) is 2.03. The first-order valence-electron chi connectivity index (χ1n) is 3.13.